The molecule has 0 radical (unpaired) electrons. The summed E-state index contributed by atoms with van der Waals surface area (Å²) < 4.78 is 23.0. The zero-order valence-electron chi connectivity index (χ0n) is 10.0. The third-order valence-corrected chi connectivity index (χ3v) is 4.24. The lowest BCUT2D eigenvalue weighted by Crippen LogP contribution is -2.02. The second-order valence-corrected chi connectivity index (χ2v) is 7.01. The van der Waals surface area contributed by atoms with Gasteiger partial charge in [-0.05, 0) is 47.9 Å². The first kappa shape index (κ1) is 11.6. The van der Waals surface area contributed by atoms with Crippen molar-refractivity contribution < 1.29 is 8.42 Å². The van der Waals surface area contributed by atoms with Gasteiger partial charge in [0, 0.05) is 6.26 Å². The van der Waals surface area contributed by atoms with Crippen molar-refractivity contribution in [2.45, 2.75) is 43.4 Å². The molecular formula is C13H18O2S. The van der Waals surface area contributed by atoms with Gasteiger partial charge in [-0.3, -0.25) is 0 Å². The van der Waals surface area contributed by atoms with E-state index < -0.39 is 9.84 Å². The molecule has 16 heavy (non-hydrogen) atoms. The summed E-state index contributed by atoms with van der Waals surface area (Å²) in [5.74, 6) is 1.06. The molecule has 0 aromatic heterocycles. The van der Waals surface area contributed by atoms with Gasteiger partial charge in [0.2, 0.25) is 0 Å². The van der Waals surface area contributed by atoms with Crippen molar-refractivity contribution in [2.75, 3.05) is 6.26 Å². The lowest BCUT2D eigenvalue weighted by molar-refractivity contribution is 0.601. The fourth-order valence-electron chi connectivity index (χ4n) is 2.05. The second kappa shape index (κ2) is 3.88. The van der Waals surface area contributed by atoms with Gasteiger partial charge in [-0.15, -0.1) is 0 Å². The van der Waals surface area contributed by atoms with Crippen LogP contribution < -0.4 is 0 Å². The molecule has 1 fully saturated rings. The highest BCUT2D eigenvalue weighted by Gasteiger charge is 2.27. The van der Waals surface area contributed by atoms with E-state index in [1.54, 1.807) is 6.07 Å². The Morgan fingerprint density at radius 2 is 1.88 bits per heavy atom. The molecule has 1 aliphatic rings. The summed E-state index contributed by atoms with van der Waals surface area (Å²) in [5, 5.41) is 0. The first-order valence-electron chi connectivity index (χ1n) is 5.73. The van der Waals surface area contributed by atoms with Crippen molar-refractivity contribution in [3.05, 3.63) is 29.3 Å². The Balaban J connectivity index is 2.51. The molecule has 1 aromatic rings. The maximum atomic E-state index is 11.5. The fraction of sp³-hybridized carbons (Fsp3) is 0.538. The van der Waals surface area contributed by atoms with Crippen LogP contribution in [-0.2, 0) is 9.84 Å². The van der Waals surface area contributed by atoms with Crippen LogP contribution >= 0.6 is 0 Å². The van der Waals surface area contributed by atoms with Gasteiger partial charge in [0.05, 0.1) is 4.90 Å². The standard InChI is InChI=1S/C13H18O2S/c1-9(2)13-8-11(16(3,14)15)6-7-12(13)10-4-5-10/h6-10H,4-5H2,1-3H3. The van der Waals surface area contributed by atoms with E-state index >= 15 is 0 Å². The molecule has 2 rings (SSSR count). The van der Waals surface area contributed by atoms with Crippen LogP contribution in [0, 0.1) is 0 Å². The normalized spacial score (nSPS) is 16.8. The first-order chi connectivity index (χ1) is 7.39. The highest BCUT2D eigenvalue weighted by atomic mass is 32.2. The van der Waals surface area contributed by atoms with Gasteiger partial charge in [0.1, 0.15) is 0 Å². The van der Waals surface area contributed by atoms with Gasteiger partial charge < -0.3 is 0 Å². The summed E-state index contributed by atoms with van der Waals surface area (Å²) in [7, 11) is -3.08. The van der Waals surface area contributed by atoms with E-state index in [9.17, 15) is 8.42 Å². The van der Waals surface area contributed by atoms with Gasteiger partial charge in [0.15, 0.2) is 9.84 Å². The summed E-state index contributed by atoms with van der Waals surface area (Å²) in [6, 6.07) is 5.60. The van der Waals surface area contributed by atoms with Crippen LogP contribution in [0.5, 0.6) is 0 Å². The molecule has 0 atom stereocenters. The van der Waals surface area contributed by atoms with Crippen LogP contribution in [-0.4, -0.2) is 14.7 Å². The van der Waals surface area contributed by atoms with Crippen molar-refractivity contribution >= 4 is 9.84 Å². The summed E-state index contributed by atoms with van der Waals surface area (Å²) >= 11 is 0. The van der Waals surface area contributed by atoms with E-state index in [0.717, 1.165) is 0 Å². The van der Waals surface area contributed by atoms with Crippen LogP contribution in [0.25, 0.3) is 0 Å². The predicted molar refractivity (Wildman–Crippen MR) is 65.6 cm³/mol. The molecule has 0 amide bonds. The minimum absolute atomic E-state index is 0.386. The highest BCUT2D eigenvalue weighted by Crippen LogP contribution is 2.43. The van der Waals surface area contributed by atoms with Gasteiger partial charge in [0.25, 0.3) is 0 Å². The Labute approximate surface area is 97.6 Å². The monoisotopic (exact) mass is 238 g/mol. The predicted octanol–water partition coefficient (Wildman–Crippen LogP) is 3.09. The van der Waals surface area contributed by atoms with Crippen LogP contribution in [0.3, 0.4) is 0 Å². The Kier molecular flexibility index (Phi) is 2.82. The van der Waals surface area contributed by atoms with Crippen molar-refractivity contribution in [2.24, 2.45) is 0 Å². The molecule has 0 aliphatic heterocycles. The van der Waals surface area contributed by atoms with E-state index in [1.807, 2.05) is 12.1 Å². The third-order valence-electron chi connectivity index (χ3n) is 3.13. The quantitative estimate of drug-likeness (QED) is 0.811. The number of benzene rings is 1. The minimum atomic E-state index is -3.08. The summed E-state index contributed by atoms with van der Waals surface area (Å²) in [6.07, 6.45) is 3.76. The lowest BCUT2D eigenvalue weighted by atomic mass is 9.94. The molecule has 0 unspecified atom stereocenters. The molecule has 88 valence electrons. The second-order valence-electron chi connectivity index (χ2n) is 4.99. The smallest absolute Gasteiger partial charge is 0.175 e. The van der Waals surface area contributed by atoms with Gasteiger partial charge in [-0.2, -0.15) is 0 Å². The van der Waals surface area contributed by atoms with Crippen molar-refractivity contribution in [1.82, 2.24) is 0 Å². The molecule has 3 heteroatoms. The van der Waals surface area contributed by atoms with E-state index in [0.29, 0.717) is 16.7 Å². The van der Waals surface area contributed by atoms with Gasteiger partial charge >= 0.3 is 0 Å². The van der Waals surface area contributed by atoms with Crippen LogP contribution in [0.4, 0.5) is 0 Å². The maximum absolute atomic E-state index is 11.5. The zero-order chi connectivity index (χ0) is 11.9. The maximum Gasteiger partial charge on any atom is 0.175 e. The number of hydrogen-bond donors (Lipinski definition) is 0. The third kappa shape index (κ3) is 2.29. The SMILES string of the molecule is CC(C)c1cc(S(C)(=O)=O)ccc1C1CC1. The molecule has 0 N–H and O–H groups in total. The minimum Gasteiger partial charge on any atom is -0.224 e. The van der Waals surface area contributed by atoms with E-state index in [-0.39, 0.29) is 0 Å². The Hall–Kier alpha value is -0.830. The average molecular weight is 238 g/mol. The lowest BCUT2D eigenvalue weighted by Gasteiger charge is -2.13. The summed E-state index contributed by atoms with van der Waals surface area (Å²) in [6.45, 7) is 4.24. The average Bonchev–Trinajstić information content (AvgIpc) is 2.98. The topological polar surface area (TPSA) is 34.1 Å². The van der Waals surface area contributed by atoms with E-state index in [1.165, 1.54) is 30.2 Å². The summed E-state index contributed by atoms with van der Waals surface area (Å²) in [4.78, 5) is 0.445. The van der Waals surface area contributed by atoms with Crippen LogP contribution in [0.2, 0.25) is 0 Å². The van der Waals surface area contributed by atoms with Crippen molar-refractivity contribution in [3.8, 4) is 0 Å². The molecule has 1 saturated carbocycles. The molecule has 2 nitrogen and oxygen atoms in total. The molecular weight excluding hydrogens is 220 g/mol. The van der Waals surface area contributed by atoms with Crippen LogP contribution in [0.1, 0.15) is 49.7 Å². The molecule has 1 aromatic carbocycles. The fourth-order valence-corrected chi connectivity index (χ4v) is 2.71. The molecule has 0 spiro atoms. The van der Waals surface area contributed by atoms with E-state index in [2.05, 4.69) is 13.8 Å². The number of rotatable bonds is 3. The Morgan fingerprint density at radius 3 is 2.31 bits per heavy atom. The van der Waals surface area contributed by atoms with Crippen molar-refractivity contribution in [1.29, 1.82) is 0 Å². The summed E-state index contributed by atoms with van der Waals surface area (Å²) in [5.41, 5.74) is 2.55. The van der Waals surface area contributed by atoms with E-state index in [4.69, 9.17) is 0 Å². The highest BCUT2D eigenvalue weighted by molar-refractivity contribution is 7.90. The first-order valence-corrected chi connectivity index (χ1v) is 7.62. The largest absolute Gasteiger partial charge is 0.224 e. The van der Waals surface area contributed by atoms with Crippen LogP contribution in [0.15, 0.2) is 23.1 Å². The molecule has 0 bridgehead atoms. The Morgan fingerprint density at radius 1 is 1.25 bits per heavy atom. The Bertz CT molecular complexity index is 497. The molecule has 0 heterocycles. The van der Waals surface area contributed by atoms with Gasteiger partial charge in [-0.1, -0.05) is 19.9 Å². The van der Waals surface area contributed by atoms with Gasteiger partial charge in [-0.25, -0.2) is 8.42 Å². The molecule has 0 saturated heterocycles. The number of sulfone groups is 1. The van der Waals surface area contributed by atoms with Crippen molar-refractivity contribution in [3.63, 3.8) is 0 Å². The molecule has 1 aliphatic carbocycles. The zero-order valence-corrected chi connectivity index (χ0v) is 10.8. The number of hydrogen-bond acceptors (Lipinski definition) is 2.